The molecule has 0 fully saturated rings. The van der Waals surface area contributed by atoms with Crippen molar-refractivity contribution in [3.8, 4) is 0 Å². The number of hydrogen-bond acceptors (Lipinski definition) is 8. The Morgan fingerprint density at radius 3 is 2.49 bits per heavy atom. The summed E-state index contributed by atoms with van der Waals surface area (Å²) in [6.45, 7) is 3.80. The SMILES string of the molecule is Cc1ccc(S(=O)n2ccc3nc(N[C@@H](C)c4ncc(F)cn4)nc(Nc4cn(C)cn4)c32)cc1. The molecule has 0 aliphatic heterocycles. The van der Waals surface area contributed by atoms with E-state index in [1.54, 1.807) is 33.3 Å². The molecule has 178 valence electrons. The fraction of sp³-hybridized carbons (Fsp3) is 0.174. The van der Waals surface area contributed by atoms with Gasteiger partial charge in [-0.25, -0.2) is 28.5 Å². The quantitative estimate of drug-likeness (QED) is 0.352. The molecule has 0 aliphatic carbocycles. The number of nitrogens with zero attached hydrogens (tertiary/aromatic N) is 7. The second kappa shape index (κ2) is 9.22. The van der Waals surface area contributed by atoms with Gasteiger partial charge in [0.25, 0.3) is 0 Å². The minimum absolute atomic E-state index is 0.301. The van der Waals surface area contributed by atoms with Gasteiger partial charge in [0.15, 0.2) is 22.6 Å². The zero-order valence-electron chi connectivity index (χ0n) is 19.2. The fourth-order valence-electron chi connectivity index (χ4n) is 3.48. The molecule has 0 saturated heterocycles. The third-order valence-corrected chi connectivity index (χ3v) is 6.56. The first-order valence-corrected chi connectivity index (χ1v) is 11.8. The normalized spacial score (nSPS) is 13.0. The van der Waals surface area contributed by atoms with Crippen LogP contribution in [0.5, 0.6) is 0 Å². The molecule has 5 aromatic rings. The molecule has 1 aromatic carbocycles. The van der Waals surface area contributed by atoms with Gasteiger partial charge >= 0.3 is 0 Å². The van der Waals surface area contributed by atoms with Gasteiger partial charge in [-0.05, 0) is 32.0 Å². The topological polar surface area (TPSA) is 115 Å². The molecular weight excluding hydrogens is 469 g/mol. The van der Waals surface area contributed by atoms with Gasteiger partial charge in [-0.2, -0.15) is 4.98 Å². The first kappa shape index (κ1) is 22.6. The number of aromatic nitrogens is 7. The van der Waals surface area contributed by atoms with Crippen LogP contribution in [0.15, 0.2) is 66.3 Å². The Bertz CT molecular complexity index is 1510. The highest BCUT2D eigenvalue weighted by atomic mass is 32.2. The van der Waals surface area contributed by atoms with E-state index >= 15 is 0 Å². The molecule has 1 unspecified atom stereocenters. The van der Waals surface area contributed by atoms with Crippen LogP contribution in [0.3, 0.4) is 0 Å². The van der Waals surface area contributed by atoms with Crippen molar-refractivity contribution in [1.82, 2.24) is 33.5 Å². The number of fused-ring (bicyclic) bond motifs is 1. The number of rotatable bonds is 7. The predicted octanol–water partition coefficient (Wildman–Crippen LogP) is 3.89. The van der Waals surface area contributed by atoms with Gasteiger partial charge < -0.3 is 15.2 Å². The van der Waals surface area contributed by atoms with Crippen molar-refractivity contribution in [2.24, 2.45) is 7.05 Å². The Kier molecular flexibility index (Phi) is 5.95. The molecule has 12 heteroatoms. The number of imidazole rings is 1. The summed E-state index contributed by atoms with van der Waals surface area (Å²) in [6.07, 6.45) is 7.41. The lowest BCUT2D eigenvalue weighted by molar-refractivity contribution is 0.604. The molecule has 5 rings (SSSR count). The van der Waals surface area contributed by atoms with E-state index in [1.165, 1.54) is 0 Å². The first-order valence-electron chi connectivity index (χ1n) is 10.7. The number of halogens is 1. The summed E-state index contributed by atoms with van der Waals surface area (Å²) in [5, 5.41) is 6.37. The van der Waals surface area contributed by atoms with Crippen molar-refractivity contribution >= 4 is 39.6 Å². The number of benzene rings is 1. The average molecular weight is 492 g/mol. The lowest BCUT2D eigenvalue weighted by Gasteiger charge is -2.15. The highest BCUT2D eigenvalue weighted by molar-refractivity contribution is 7.83. The van der Waals surface area contributed by atoms with Crippen molar-refractivity contribution in [3.63, 3.8) is 0 Å². The minimum Gasteiger partial charge on any atom is -0.344 e. The average Bonchev–Trinajstić information content (AvgIpc) is 3.45. The largest absolute Gasteiger partial charge is 0.344 e. The van der Waals surface area contributed by atoms with E-state index in [1.807, 2.05) is 45.2 Å². The van der Waals surface area contributed by atoms with Crippen LogP contribution in [-0.4, -0.2) is 37.7 Å². The summed E-state index contributed by atoms with van der Waals surface area (Å²) >= 11 is 0. The first-order chi connectivity index (χ1) is 16.9. The Balaban J connectivity index is 1.56. The highest BCUT2D eigenvalue weighted by Crippen LogP contribution is 2.29. The molecule has 0 amide bonds. The molecule has 2 atom stereocenters. The predicted molar refractivity (Wildman–Crippen MR) is 131 cm³/mol. The van der Waals surface area contributed by atoms with E-state index < -0.39 is 16.8 Å². The van der Waals surface area contributed by atoms with Gasteiger partial charge in [0, 0.05) is 19.4 Å². The molecule has 10 nitrogen and oxygen atoms in total. The van der Waals surface area contributed by atoms with Crippen LogP contribution >= 0.6 is 0 Å². The van der Waals surface area contributed by atoms with Gasteiger partial charge in [-0.3, -0.25) is 3.97 Å². The van der Waals surface area contributed by atoms with Crippen LogP contribution in [0.25, 0.3) is 11.0 Å². The fourth-order valence-corrected chi connectivity index (χ4v) is 4.59. The minimum atomic E-state index is -1.52. The Hall–Kier alpha value is -4.19. The third kappa shape index (κ3) is 4.73. The lowest BCUT2D eigenvalue weighted by atomic mass is 10.2. The number of aryl methyl sites for hydroxylation is 2. The van der Waals surface area contributed by atoms with Crippen molar-refractivity contribution in [2.75, 3.05) is 10.6 Å². The number of nitrogens with one attached hydrogen (secondary N) is 2. The molecule has 0 aliphatic rings. The monoisotopic (exact) mass is 491 g/mol. The summed E-state index contributed by atoms with van der Waals surface area (Å²) < 4.78 is 30.1. The van der Waals surface area contributed by atoms with E-state index in [2.05, 4.69) is 35.6 Å². The second-order valence-electron chi connectivity index (χ2n) is 8.01. The van der Waals surface area contributed by atoms with Gasteiger partial charge in [-0.15, -0.1) is 0 Å². The van der Waals surface area contributed by atoms with Crippen molar-refractivity contribution < 1.29 is 8.60 Å². The van der Waals surface area contributed by atoms with Gasteiger partial charge in [0.05, 0.1) is 35.2 Å². The third-order valence-electron chi connectivity index (χ3n) is 5.22. The standard InChI is InChI=1S/C23H22FN9OS/c1-14-4-6-17(7-5-14)35(34)33-9-8-18-20(33)22(30-19-12-32(3)13-27-19)31-23(29-18)28-15(2)21-25-10-16(24)11-26-21/h4-13,15H,1-3H3,(H2,28,29,30,31)/t15-,35?/m0/s1. The van der Waals surface area contributed by atoms with Gasteiger partial charge in [-0.1, -0.05) is 17.7 Å². The molecule has 0 bridgehead atoms. The summed E-state index contributed by atoms with van der Waals surface area (Å²) in [5.41, 5.74) is 2.22. The Labute approximate surface area is 202 Å². The van der Waals surface area contributed by atoms with E-state index in [0.717, 1.165) is 18.0 Å². The highest BCUT2D eigenvalue weighted by Gasteiger charge is 2.19. The summed E-state index contributed by atoms with van der Waals surface area (Å²) in [4.78, 5) is 22.3. The molecule has 0 saturated carbocycles. The maximum atomic E-state index is 13.4. The number of anilines is 3. The maximum Gasteiger partial charge on any atom is 0.225 e. The van der Waals surface area contributed by atoms with Crippen LogP contribution < -0.4 is 10.6 Å². The zero-order valence-corrected chi connectivity index (χ0v) is 20.0. The molecule has 2 N–H and O–H groups in total. The number of hydrogen-bond donors (Lipinski definition) is 2. The molecule has 0 radical (unpaired) electrons. The van der Waals surface area contributed by atoms with Crippen LogP contribution in [0.1, 0.15) is 24.4 Å². The summed E-state index contributed by atoms with van der Waals surface area (Å²) in [7, 11) is 0.346. The van der Waals surface area contributed by atoms with E-state index in [4.69, 9.17) is 0 Å². The summed E-state index contributed by atoms with van der Waals surface area (Å²) in [6, 6.07) is 8.90. The molecule has 4 heterocycles. The van der Waals surface area contributed by atoms with Crippen molar-refractivity contribution in [2.45, 2.75) is 24.8 Å². The second-order valence-corrected chi connectivity index (χ2v) is 9.37. The summed E-state index contributed by atoms with van der Waals surface area (Å²) in [5.74, 6) is 1.18. The van der Waals surface area contributed by atoms with Crippen molar-refractivity contribution in [1.29, 1.82) is 0 Å². The Morgan fingerprint density at radius 2 is 1.80 bits per heavy atom. The van der Waals surface area contributed by atoms with Crippen LogP contribution in [0.4, 0.5) is 22.0 Å². The zero-order chi connectivity index (χ0) is 24.5. The van der Waals surface area contributed by atoms with Gasteiger partial charge in [0.2, 0.25) is 5.95 Å². The lowest BCUT2D eigenvalue weighted by Crippen LogP contribution is -2.14. The molecule has 0 spiro atoms. The molecule has 35 heavy (non-hydrogen) atoms. The van der Waals surface area contributed by atoms with Gasteiger partial charge in [0.1, 0.15) is 17.2 Å². The molecule has 4 aromatic heterocycles. The van der Waals surface area contributed by atoms with Crippen LogP contribution in [0, 0.1) is 12.7 Å². The maximum absolute atomic E-state index is 13.4. The van der Waals surface area contributed by atoms with E-state index in [0.29, 0.717) is 39.3 Å². The molecular formula is C23H22FN9OS. The Morgan fingerprint density at radius 1 is 1.06 bits per heavy atom. The van der Waals surface area contributed by atoms with E-state index in [-0.39, 0.29) is 6.04 Å². The van der Waals surface area contributed by atoms with Crippen LogP contribution in [0.2, 0.25) is 0 Å². The van der Waals surface area contributed by atoms with Crippen molar-refractivity contribution in [3.05, 3.63) is 78.7 Å². The van der Waals surface area contributed by atoms with Crippen LogP contribution in [-0.2, 0) is 18.0 Å². The van der Waals surface area contributed by atoms with E-state index in [9.17, 15) is 8.60 Å². The smallest absolute Gasteiger partial charge is 0.225 e.